The van der Waals surface area contributed by atoms with E-state index in [2.05, 4.69) is 5.32 Å². The molecule has 1 heterocycles. The van der Waals surface area contributed by atoms with E-state index < -0.39 is 9.84 Å². The van der Waals surface area contributed by atoms with Gasteiger partial charge < -0.3 is 5.32 Å². The molecule has 1 fully saturated rings. The van der Waals surface area contributed by atoms with E-state index in [1.54, 1.807) is 0 Å². The van der Waals surface area contributed by atoms with Crippen LogP contribution in [0.5, 0.6) is 0 Å². The standard InChI is InChI=1S/C15H22N2O3S/c1-12(17(2)10-13-6-4-3-5-7-13)15(18)16-14-8-9-21(19,20)11-14/h3-7,12,14H,8-11H2,1-2H3,(H,16,18)/t12-,14-/m1/s1. The molecule has 2 atom stereocenters. The molecule has 1 saturated heterocycles. The molecule has 0 saturated carbocycles. The predicted molar refractivity (Wildman–Crippen MR) is 82.6 cm³/mol. The molecule has 1 aromatic carbocycles. The molecule has 0 aliphatic carbocycles. The summed E-state index contributed by atoms with van der Waals surface area (Å²) in [5, 5.41) is 2.84. The van der Waals surface area contributed by atoms with Gasteiger partial charge in [0.2, 0.25) is 5.91 Å². The second-order valence-corrected chi connectivity index (χ2v) is 7.91. The molecule has 1 aromatic rings. The van der Waals surface area contributed by atoms with Gasteiger partial charge in [0.25, 0.3) is 0 Å². The Hall–Kier alpha value is -1.40. The number of rotatable bonds is 5. The predicted octanol–water partition coefficient (Wildman–Crippen LogP) is 0.810. The first-order chi connectivity index (χ1) is 9.87. The van der Waals surface area contributed by atoms with Crippen LogP contribution in [-0.4, -0.2) is 49.9 Å². The summed E-state index contributed by atoms with van der Waals surface area (Å²) < 4.78 is 22.8. The lowest BCUT2D eigenvalue weighted by Gasteiger charge is -2.25. The van der Waals surface area contributed by atoms with Crippen molar-refractivity contribution in [3.05, 3.63) is 35.9 Å². The SMILES string of the molecule is C[C@H](C(=O)N[C@@H]1CCS(=O)(=O)C1)N(C)Cc1ccccc1. The summed E-state index contributed by atoms with van der Waals surface area (Å²) >= 11 is 0. The van der Waals surface area contributed by atoms with Crippen molar-refractivity contribution in [2.45, 2.75) is 32.0 Å². The number of amides is 1. The summed E-state index contributed by atoms with van der Waals surface area (Å²) in [6, 6.07) is 9.40. The van der Waals surface area contributed by atoms with Crippen molar-refractivity contribution in [3.8, 4) is 0 Å². The highest BCUT2D eigenvalue weighted by molar-refractivity contribution is 7.91. The molecular weight excluding hydrogens is 288 g/mol. The van der Waals surface area contributed by atoms with E-state index in [0.29, 0.717) is 13.0 Å². The minimum absolute atomic E-state index is 0.0634. The number of hydrogen-bond acceptors (Lipinski definition) is 4. The van der Waals surface area contributed by atoms with E-state index in [9.17, 15) is 13.2 Å². The lowest BCUT2D eigenvalue weighted by Crippen LogP contribution is -2.47. The Morgan fingerprint density at radius 1 is 1.38 bits per heavy atom. The second kappa shape index (κ2) is 6.58. The molecule has 0 bridgehead atoms. The Morgan fingerprint density at radius 3 is 2.62 bits per heavy atom. The van der Waals surface area contributed by atoms with E-state index in [0.717, 1.165) is 5.56 Å². The fourth-order valence-electron chi connectivity index (χ4n) is 2.44. The van der Waals surface area contributed by atoms with Gasteiger partial charge in [0.15, 0.2) is 9.84 Å². The Kier molecular flexibility index (Phi) is 5.00. The zero-order valence-corrected chi connectivity index (χ0v) is 13.3. The van der Waals surface area contributed by atoms with Crippen molar-refractivity contribution in [1.82, 2.24) is 10.2 Å². The average molecular weight is 310 g/mol. The largest absolute Gasteiger partial charge is 0.351 e. The molecule has 1 amide bonds. The minimum Gasteiger partial charge on any atom is -0.351 e. The number of sulfone groups is 1. The smallest absolute Gasteiger partial charge is 0.237 e. The Bertz CT molecular complexity index is 586. The number of benzene rings is 1. The van der Waals surface area contributed by atoms with Gasteiger partial charge in [-0.2, -0.15) is 0 Å². The van der Waals surface area contributed by atoms with Crippen molar-refractivity contribution in [2.24, 2.45) is 0 Å². The highest BCUT2D eigenvalue weighted by Crippen LogP contribution is 2.12. The highest BCUT2D eigenvalue weighted by Gasteiger charge is 2.30. The maximum absolute atomic E-state index is 12.2. The Morgan fingerprint density at radius 2 is 2.05 bits per heavy atom. The number of likely N-dealkylation sites (N-methyl/N-ethyl adjacent to an activating group) is 1. The fraction of sp³-hybridized carbons (Fsp3) is 0.533. The summed E-state index contributed by atoms with van der Waals surface area (Å²) in [7, 11) is -1.07. The number of hydrogen-bond donors (Lipinski definition) is 1. The third-order valence-electron chi connectivity index (χ3n) is 3.89. The van der Waals surface area contributed by atoms with Crippen molar-refractivity contribution in [2.75, 3.05) is 18.6 Å². The quantitative estimate of drug-likeness (QED) is 0.874. The van der Waals surface area contributed by atoms with Gasteiger partial charge in [-0.15, -0.1) is 0 Å². The topological polar surface area (TPSA) is 66.5 Å². The number of carbonyl (C=O) groups excluding carboxylic acids is 1. The van der Waals surface area contributed by atoms with E-state index >= 15 is 0 Å². The van der Waals surface area contributed by atoms with Crippen LogP contribution in [-0.2, 0) is 21.2 Å². The third-order valence-corrected chi connectivity index (χ3v) is 5.66. The summed E-state index contributed by atoms with van der Waals surface area (Å²) in [6.45, 7) is 2.51. The van der Waals surface area contributed by atoms with Gasteiger partial charge in [0, 0.05) is 12.6 Å². The Labute approximate surface area is 126 Å². The first-order valence-electron chi connectivity index (χ1n) is 7.12. The molecule has 21 heavy (non-hydrogen) atoms. The van der Waals surface area contributed by atoms with Crippen molar-refractivity contribution in [1.29, 1.82) is 0 Å². The molecule has 0 radical (unpaired) electrons. The summed E-state index contributed by atoms with van der Waals surface area (Å²) in [5.41, 5.74) is 1.14. The normalized spacial score (nSPS) is 22.1. The Balaban J connectivity index is 1.87. The van der Waals surface area contributed by atoms with Crippen LogP contribution in [0.2, 0.25) is 0 Å². The third kappa shape index (κ3) is 4.54. The van der Waals surface area contributed by atoms with Crippen LogP contribution in [0.15, 0.2) is 30.3 Å². The molecule has 6 heteroatoms. The van der Waals surface area contributed by atoms with Crippen LogP contribution in [0.25, 0.3) is 0 Å². The highest BCUT2D eigenvalue weighted by atomic mass is 32.2. The number of carbonyl (C=O) groups is 1. The lowest BCUT2D eigenvalue weighted by atomic mass is 10.1. The van der Waals surface area contributed by atoms with E-state index in [1.165, 1.54) is 0 Å². The van der Waals surface area contributed by atoms with Crippen LogP contribution in [0.1, 0.15) is 18.9 Å². The molecule has 0 unspecified atom stereocenters. The summed E-state index contributed by atoms with van der Waals surface area (Å²) in [6.07, 6.45) is 0.517. The van der Waals surface area contributed by atoms with Crippen molar-refractivity contribution in [3.63, 3.8) is 0 Å². The molecule has 5 nitrogen and oxygen atoms in total. The first-order valence-corrected chi connectivity index (χ1v) is 8.94. The van der Waals surface area contributed by atoms with Crippen molar-refractivity contribution < 1.29 is 13.2 Å². The maximum Gasteiger partial charge on any atom is 0.237 e. The zero-order valence-electron chi connectivity index (χ0n) is 12.5. The second-order valence-electron chi connectivity index (χ2n) is 5.69. The van der Waals surface area contributed by atoms with Crippen LogP contribution >= 0.6 is 0 Å². The van der Waals surface area contributed by atoms with Crippen LogP contribution in [0, 0.1) is 0 Å². The maximum atomic E-state index is 12.2. The van der Waals surface area contributed by atoms with E-state index in [4.69, 9.17) is 0 Å². The number of nitrogens with one attached hydrogen (secondary N) is 1. The molecule has 1 aliphatic rings. The molecule has 0 spiro atoms. The van der Waals surface area contributed by atoms with Crippen LogP contribution in [0.3, 0.4) is 0 Å². The minimum atomic E-state index is -2.96. The van der Waals surface area contributed by atoms with E-state index in [-0.39, 0.29) is 29.5 Å². The molecule has 2 rings (SSSR count). The molecule has 1 aliphatic heterocycles. The van der Waals surface area contributed by atoms with Crippen LogP contribution < -0.4 is 5.32 Å². The summed E-state index contributed by atoms with van der Waals surface area (Å²) in [5.74, 6) is 0.121. The molecular formula is C15H22N2O3S. The fourth-order valence-corrected chi connectivity index (χ4v) is 4.11. The van der Waals surface area contributed by atoms with Crippen LogP contribution in [0.4, 0.5) is 0 Å². The van der Waals surface area contributed by atoms with Gasteiger partial charge in [0.1, 0.15) is 0 Å². The van der Waals surface area contributed by atoms with Crippen molar-refractivity contribution >= 4 is 15.7 Å². The van der Waals surface area contributed by atoms with Gasteiger partial charge >= 0.3 is 0 Å². The number of nitrogens with zero attached hydrogens (tertiary/aromatic N) is 1. The monoisotopic (exact) mass is 310 g/mol. The van der Waals surface area contributed by atoms with Gasteiger partial charge in [-0.25, -0.2) is 8.42 Å². The van der Waals surface area contributed by atoms with Gasteiger partial charge in [0.05, 0.1) is 17.5 Å². The van der Waals surface area contributed by atoms with Gasteiger partial charge in [-0.1, -0.05) is 30.3 Å². The lowest BCUT2D eigenvalue weighted by molar-refractivity contribution is -0.126. The summed E-state index contributed by atoms with van der Waals surface area (Å²) in [4.78, 5) is 14.1. The molecule has 0 aromatic heterocycles. The molecule has 1 N–H and O–H groups in total. The molecule has 116 valence electrons. The average Bonchev–Trinajstić information content (AvgIpc) is 2.78. The van der Waals surface area contributed by atoms with E-state index in [1.807, 2.05) is 49.2 Å². The zero-order chi connectivity index (χ0) is 15.5. The van der Waals surface area contributed by atoms with Gasteiger partial charge in [-0.3, -0.25) is 9.69 Å². The first kappa shape index (κ1) is 16.0. The van der Waals surface area contributed by atoms with Gasteiger partial charge in [-0.05, 0) is 26.0 Å².